The summed E-state index contributed by atoms with van der Waals surface area (Å²) in [5, 5.41) is 0. The topological polar surface area (TPSA) is 31.2 Å². The molecular weight excluding hydrogens is 428 g/mol. The van der Waals surface area contributed by atoms with Crippen molar-refractivity contribution in [2.45, 2.75) is 93.4 Å². The van der Waals surface area contributed by atoms with Gasteiger partial charge in [-0.3, -0.25) is 0 Å². The molecule has 2 aromatic carbocycles. The van der Waals surface area contributed by atoms with E-state index >= 15 is 0 Å². The molecule has 0 saturated carbocycles. The van der Waals surface area contributed by atoms with E-state index < -0.39 is 0 Å². The molecule has 1 heterocycles. The van der Waals surface area contributed by atoms with Crippen LogP contribution in [0.3, 0.4) is 0 Å². The summed E-state index contributed by atoms with van der Waals surface area (Å²) in [7, 11) is 0. The van der Waals surface area contributed by atoms with Crippen LogP contribution in [0.15, 0.2) is 40.3 Å². The van der Waals surface area contributed by atoms with Gasteiger partial charge in [0.1, 0.15) is 11.7 Å². The predicted octanol–water partition coefficient (Wildman–Crippen LogP) is 8.44. The Morgan fingerprint density at radius 2 is 1.20 bits per heavy atom. The van der Waals surface area contributed by atoms with Crippen molar-refractivity contribution in [1.82, 2.24) is 9.80 Å². The zero-order valence-corrected chi connectivity index (χ0v) is 23.7. The second-order valence-corrected chi connectivity index (χ2v) is 11.1. The third kappa shape index (κ3) is 6.34. The molecule has 0 atom stereocenters. The maximum atomic E-state index is 5.24. The molecule has 0 aromatic heterocycles. The Morgan fingerprint density at radius 1 is 0.714 bits per heavy atom. The zero-order chi connectivity index (χ0) is 25.9. The molecule has 1 saturated heterocycles. The van der Waals surface area contributed by atoms with E-state index in [-0.39, 0.29) is 0 Å². The Hall–Kier alpha value is -2.62. The first-order valence-corrected chi connectivity index (χ1v) is 13.3. The second-order valence-electron chi connectivity index (χ2n) is 11.1. The largest absolute Gasteiger partial charge is 0.342 e. The van der Waals surface area contributed by atoms with Crippen molar-refractivity contribution >= 4 is 23.0 Å². The lowest BCUT2D eigenvalue weighted by atomic mass is 9.93. The van der Waals surface area contributed by atoms with Crippen LogP contribution < -0.4 is 0 Å². The van der Waals surface area contributed by atoms with E-state index in [0.717, 1.165) is 49.2 Å². The van der Waals surface area contributed by atoms with Crippen molar-refractivity contribution in [1.29, 1.82) is 0 Å². The van der Waals surface area contributed by atoms with E-state index in [4.69, 9.17) is 9.98 Å². The molecule has 0 bridgehead atoms. The molecule has 0 unspecified atom stereocenters. The molecule has 0 spiro atoms. The van der Waals surface area contributed by atoms with Gasteiger partial charge in [0.15, 0.2) is 0 Å². The average molecular weight is 475 g/mol. The van der Waals surface area contributed by atoms with E-state index in [1.807, 2.05) is 0 Å². The SMILES string of the molecule is CC(=Nc1c(C)cc(C)cc1C(C)C)N1CCCN(C(C)=Nc2c(C(C)C)cccc2C(C)C)C1. The summed E-state index contributed by atoms with van der Waals surface area (Å²) in [6.07, 6.45) is 1.10. The number of hydrogen-bond donors (Lipinski definition) is 0. The number of para-hydroxylation sites is 1. The monoisotopic (exact) mass is 474 g/mol. The predicted molar refractivity (Wildman–Crippen MR) is 153 cm³/mol. The number of hydrogen-bond acceptors (Lipinski definition) is 2. The summed E-state index contributed by atoms with van der Waals surface area (Å²) in [5.41, 5.74) is 8.86. The Balaban J connectivity index is 1.90. The van der Waals surface area contributed by atoms with Crippen LogP contribution in [0.5, 0.6) is 0 Å². The third-order valence-electron chi connectivity index (χ3n) is 7.10. The van der Waals surface area contributed by atoms with Gasteiger partial charge in [-0.05, 0) is 74.1 Å². The number of benzene rings is 2. The van der Waals surface area contributed by atoms with Gasteiger partial charge in [0, 0.05) is 13.1 Å². The van der Waals surface area contributed by atoms with Crippen LogP contribution in [0.4, 0.5) is 11.4 Å². The smallest absolute Gasteiger partial charge is 0.103 e. The van der Waals surface area contributed by atoms with Crippen molar-refractivity contribution in [3.8, 4) is 0 Å². The maximum Gasteiger partial charge on any atom is 0.103 e. The summed E-state index contributed by atoms with van der Waals surface area (Å²) in [6.45, 7) is 25.1. The normalized spacial score (nSPS) is 15.7. The Bertz CT molecular complexity index is 1070. The first-order chi connectivity index (χ1) is 16.5. The van der Waals surface area contributed by atoms with Crippen LogP contribution >= 0.6 is 0 Å². The maximum absolute atomic E-state index is 5.24. The number of nitrogens with zero attached hydrogens (tertiary/aromatic N) is 4. The summed E-state index contributed by atoms with van der Waals surface area (Å²) in [6, 6.07) is 11.2. The number of aliphatic imine (C=N–C) groups is 2. The van der Waals surface area contributed by atoms with Crippen LogP contribution in [-0.2, 0) is 0 Å². The van der Waals surface area contributed by atoms with Crippen molar-refractivity contribution < 1.29 is 0 Å². The molecule has 190 valence electrons. The molecule has 4 heteroatoms. The lowest BCUT2D eigenvalue weighted by Gasteiger charge is -2.38. The van der Waals surface area contributed by atoms with Gasteiger partial charge in [-0.1, -0.05) is 77.4 Å². The minimum atomic E-state index is 0.445. The highest BCUT2D eigenvalue weighted by Crippen LogP contribution is 2.35. The van der Waals surface area contributed by atoms with Crippen LogP contribution in [0.1, 0.15) is 107 Å². The highest BCUT2D eigenvalue weighted by Gasteiger charge is 2.21. The fraction of sp³-hybridized carbons (Fsp3) is 0.548. The van der Waals surface area contributed by atoms with Gasteiger partial charge in [0.2, 0.25) is 0 Å². The second kappa shape index (κ2) is 11.4. The van der Waals surface area contributed by atoms with Crippen LogP contribution in [0.25, 0.3) is 0 Å². The van der Waals surface area contributed by atoms with Crippen molar-refractivity contribution in [2.75, 3.05) is 19.8 Å². The molecule has 0 aliphatic carbocycles. The summed E-state index contributed by atoms with van der Waals surface area (Å²) in [5.74, 6) is 3.51. The standard InChI is InChI=1S/C31H46N4/c1-20(2)27-13-11-14-28(21(3)4)31(27)33-26(10)35-16-12-15-34(19-35)25(9)32-30-24(8)17-23(7)18-29(30)22(5)6/h11,13-14,17-18,20-22H,12,15-16,19H2,1-10H3. The third-order valence-corrected chi connectivity index (χ3v) is 7.10. The first-order valence-electron chi connectivity index (χ1n) is 13.3. The molecule has 0 N–H and O–H groups in total. The summed E-state index contributed by atoms with van der Waals surface area (Å²) in [4.78, 5) is 15.2. The van der Waals surface area contributed by atoms with Crippen LogP contribution in [-0.4, -0.2) is 41.2 Å². The van der Waals surface area contributed by atoms with Crippen molar-refractivity contribution in [3.05, 3.63) is 58.1 Å². The zero-order valence-electron chi connectivity index (χ0n) is 23.7. The van der Waals surface area contributed by atoms with E-state index in [2.05, 4.69) is 109 Å². The van der Waals surface area contributed by atoms with Gasteiger partial charge >= 0.3 is 0 Å². The van der Waals surface area contributed by atoms with E-state index in [9.17, 15) is 0 Å². The lowest BCUT2D eigenvalue weighted by Crippen LogP contribution is -2.48. The minimum absolute atomic E-state index is 0.445. The van der Waals surface area contributed by atoms with Crippen molar-refractivity contribution in [2.24, 2.45) is 9.98 Å². The molecule has 2 aromatic rings. The molecule has 4 nitrogen and oxygen atoms in total. The molecular formula is C31H46N4. The van der Waals surface area contributed by atoms with E-state index in [1.165, 1.54) is 27.8 Å². The van der Waals surface area contributed by atoms with Crippen LogP contribution in [0, 0.1) is 13.8 Å². The van der Waals surface area contributed by atoms with Gasteiger partial charge in [-0.25, -0.2) is 9.98 Å². The molecule has 1 aliphatic heterocycles. The average Bonchev–Trinajstić information content (AvgIpc) is 2.80. The molecule has 35 heavy (non-hydrogen) atoms. The Labute approximate surface area is 214 Å². The Morgan fingerprint density at radius 3 is 1.69 bits per heavy atom. The van der Waals surface area contributed by atoms with Gasteiger partial charge in [-0.15, -0.1) is 0 Å². The fourth-order valence-electron chi connectivity index (χ4n) is 5.02. The fourth-order valence-corrected chi connectivity index (χ4v) is 5.02. The van der Waals surface area contributed by atoms with Crippen molar-refractivity contribution in [3.63, 3.8) is 0 Å². The first kappa shape index (κ1) is 27.0. The summed E-state index contributed by atoms with van der Waals surface area (Å²) < 4.78 is 0. The number of aryl methyl sites for hydroxylation is 2. The molecule has 0 amide bonds. The number of rotatable bonds is 5. The van der Waals surface area contributed by atoms with Gasteiger partial charge in [-0.2, -0.15) is 0 Å². The van der Waals surface area contributed by atoms with Gasteiger partial charge < -0.3 is 9.80 Å². The highest BCUT2D eigenvalue weighted by atomic mass is 15.4. The van der Waals surface area contributed by atoms with E-state index in [0.29, 0.717) is 17.8 Å². The van der Waals surface area contributed by atoms with Gasteiger partial charge in [0.25, 0.3) is 0 Å². The van der Waals surface area contributed by atoms with E-state index in [1.54, 1.807) is 0 Å². The summed E-state index contributed by atoms with van der Waals surface area (Å²) >= 11 is 0. The van der Waals surface area contributed by atoms with Crippen LogP contribution in [0.2, 0.25) is 0 Å². The molecule has 0 radical (unpaired) electrons. The highest BCUT2D eigenvalue weighted by molar-refractivity contribution is 5.86. The quantitative estimate of drug-likeness (QED) is 0.321. The molecule has 1 aliphatic rings. The lowest BCUT2D eigenvalue weighted by molar-refractivity contribution is 0.211. The molecule has 3 rings (SSSR count). The minimum Gasteiger partial charge on any atom is -0.342 e. The molecule has 1 fully saturated rings. The Kier molecular flexibility index (Phi) is 8.79. The van der Waals surface area contributed by atoms with Gasteiger partial charge in [0.05, 0.1) is 18.0 Å². The number of amidine groups is 2.